The van der Waals surface area contributed by atoms with Gasteiger partial charge in [0.1, 0.15) is 11.6 Å². The Bertz CT molecular complexity index is 818. The van der Waals surface area contributed by atoms with Crippen molar-refractivity contribution in [1.29, 1.82) is 0 Å². The van der Waals surface area contributed by atoms with E-state index in [-0.39, 0.29) is 17.8 Å². The molecule has 1 aliphatic heterocycles. The standard InChI is InChI=1S/C18H22FN5O/c1-22-8-9-24-16(20-21-17(24)18(22)25)11-23(2)15-5-3-4-12-6-7-13(19)10-14(12)15/h6-7,10,15H,3-5,8-9,11H2,1-2H3. The van der Waals surface area contributed by atoms with E-state index in [1.165, 1.54) is 11.6 Å². The summed E-state index contributed by atoms with van der Waals surface area (Å²) in [4.78, 5) is 16.0. The first-order valence-corrected chi connectivity index (χ1v) is 8.70. The lowest BCUT2D eigenvalue weighted by Gasteiger charge is -2.33. The largest absolute Gasteiger partial charge is 0.337 e. The number of fused-ring (bicyclic) bond motifs is 2. The summed E-state index contributed by atoms with van der Waals surface area (Å²) in [7, 11) is 3.81. The Labute approximate surface area is 146 Å². The van der Waals surface area contributed by atoms with Crippen LogP contribution in [0, 0.1) is 5.82 Å². The van der Waals surface area contributed by atoms with Gasteiger partial charge in [0.25, 0.3) is 5.91 Å². The number of halogens is 1. The van der Waals surface area contributed by atoms with E-state index in [1.807, 2.05) is 17.7 Å². The Hall–Kier alpha value is -2.28. The first-order valence-electron chi connectivity index (χ1n) is 8.70. The van der Waals surface area contributed by atoms with E-state index in [0.29, 0.717) is 25.5 Å². The Morgan fingerprint density at radius 2 is 2.16 bits per heavy atom. The molecular formula is C18H22FN5O. The number of benzene rings is 1. The Kier molecular flexibility index (Phi) is 4.03. The number of carbonyl (C=O) groups is 1. The quantitative estimate of drug-likeness (QED) is 0.855. The molecule has 7 heteroatoms. The van der Waals surface area contributed by atoms with Crippen molar-refractivity contribution in [1.82, 2.24) is 24.6 Å². The number of carbonyl (C=O) groups excluding carboxylic acids is 1. The third-order valence-electron chi connectivity index (χ3n) is 5.34. The van der Waals surface area contributed by atoms with Crippen molar-refractivity contribution in [3.8, 4) is 0 Å². The van der Waals surface area contributed by atoms with Crippen LogP contribution in [0.4, 0.5) is 4.39 Å². The van der Waals surface area contributed by atoms with E-state index < -0.39 is 0 Å². The highest BCUT2D eigenvalue weighted by Gasteiger charge is 2.29. The molecule has 132 valence electrons. The van der Waals surface area contributed by atoms with Gasteiger partial charge in [0.15, 0.2) is 0 Å². The Morgan fingerprint density at radius 1 is 1.32 bits per heavy atom. The summed E-state index contributed by atoms with van der Waals surface area (Å²) in [6, 6.07) is 5.26. The normalized spacial score (nSPS) is 19.9. The maximum Gasteiger partial charge on any atom is 0.291 e. The highest BCUT2D eigenvalue weighted by molar-refractivity contribution is 5.91. The van der Waals surface area contributed by atoms with Gasteiger partial charge in [-0.25, -0.2) is 4.39 Å². The minimum Gasteiger partial charge on any atom is -0.337 e. The summed E-state index contributed by atoms with van der Waals surface area (Å²) in [6.07, 6.45) is 3.09. The number of nitrogens with zero attached hydrogens (tertiary/aromatic N) is 5. The fraction of sp³-hybridized carbons (Fsp3) is 0.500. The molecule has 4 rings (SSSR count). The first kappa shape index (κ1) is 16.2. The van der Waals surface area contributed by atoms with Crippen LogP contribution >= 0.6 is 0 Å². The summed E-state index contributed by atoms with van der Waals surface area (Å²) in [5.74, 6) is 0.931. The van der Waals surface area contributed by atoms with Crippen LogP contribution in [-0.2, 0) is 19.5 Å². The minimum atomic E-state index is -0.187. The number of hydrogen-bond donors (Lipinski definition) is 0. The molecule has 6 nitrogen and oxygen atoms in total. The van der Waals surface area contributed by atoms with E-state index in [9.17, 15) is 9.18 Å². The molecule has 1 aromatic heterocycles. The zero-order chi connectivity index (χ0) is 17.6. The maximum absolute atomic E-state index is 13.7. The van der Waals surface area contributed by atoms with Crippen molar-refractivity contribution in [3.05, 3.63) is 46.8 Å². The second-order valence-electron chi connectivity index (χ2n) is 6.98. The van der Waals surface area contributed by atoms with Crippen LogP contribution in [0.15, 0.2) is 18.2 Å². The molecular weight excluding hydrogens is 321 g/mol. The zero-order valence-electron chi connectivity index (χ0n) is 14.6. The third kappa shape index (κ3) is 2.82. The van der Waals surface area contributed by atoms with E-state index in [0.717, 1.165) is 30.7 Å². The number of hydrogen-bond acceptors (Lipinski definition) is 4. The van der Waals surface area contributed by atoms with Crippen LogP contribution in [0.2, 0.25) is 0 Å². The van der Waals surface area contributed by atoms with Crippen LogP contribution in [0.3, 0.4) is 0 Å². The van der Waals surface area contributed by atoms with Crippen molar-refractivity contribution in [3.63, 3.8) is 0 Å². The summed E-state index contributed by atoms with van der Waals surface area (Å²) < 4.78 is 15.6. The van der Waals surface area contributed by atoms with Crippen LogP contribution in [0.5, 0.6) is 0 Å². The van der Waals surface area contributed by atoms with Crippen LogP contribution in [0.1, 0.15) is 46.5 Å². The van der Waals surface area contributed by atoms with Crippen molar-refractivity contribution >= 4 is 5.91 Å². The van der Waals surface area contributed by atoms with Gasteiger partial charge in [-0.15, -0.1) is 10.2 Å². The highest BCUT2D eigenvalue weighted by Crippen LogP contribution is 2.34. The van der Waals surface area contributed by atoms with E-state index >= 15 is 0 Å². The molecule has 1 aromatic carbocycles. The molecule has 0 saturated heterocycles. The average molecular weight is 343 g/mol. The highest BCUT2D eigenvalue weighted by atomic mass is 19.1. The van der Waals surface area contributed by atoms with Crippen molar-refractivity contribution in [2.24, 2.45) is 0 Å². The van der Waals surface area contributed by atoms with Crippen molar-refractivity contribution in [2.75, 3.05) is 20.6 Å². The smallest absolute Gasteiger partial charge is 0.291 e. The van der Waals surface area contributed by atoms with Gasteiger partial charge in [0, 0.05) is 26.2 Å². The summed E-state index contributed by atoms with van der Waals surface area (Å²) >= 11 is 0. The summed E-state index contributed by atoms with van der Waals surface area (Å²) in [5.41, 5.74) is 2.30. The molecule has 0 N–H and O–H groups in total. The first-order chi connectivity index (χ1) is 12.0. The number of amides is 1. The molecule has 1 atom stereocenters. The molecule has 0 bridgehead atoms. The van der Waals surface area contributed by atoms with E-state index in [2.05, 4.69) is 15.1 Å². The van der Waals surface area contributed by atoms with Crippen LogP contribution < -0.4 is 0 Å². The molecule has 1 unspecified atom stereocenters. The average Bonchev–Trinajstić information content (AvgIpc) is 3.01. The molecule has 2 heterocycles. The van der Waals surface area contributed by atoms with Crippen molar-refractivity contribution in [2.45, 2.75) is 38.4 Å². The van der Waals surface area contributed by atoms with Gasteiger partial charge in [-0.2, -0.15) is 0 Å². The predicted octanol–water partition coefficient (Wildman–Crippen LogP) is 2.01. The van der Waals surface area contributed by atoms with Gasteiger partial charge in [-0.1, -0.05) is 6.07 Å². The fourth-order valence-corrected chi connectivity index (χ4v) is 3.90. The number of likely N-dealkylation sites (N-methyl/N-ethyl adjacent to an activating group) is 1. The van der Waals surface area contributed by atoms with Crippen LogP contribution in [-0.4, -0.2) is 51.1 Å². The lowest BCUT2D eigenvalue weighted by molar-refractivity contribution is 0.0738. The second kappa shape index (κ2) is 6.22. The third-order valence-corrected chi connectivity index (χ3v) is 5.34. The summed E-state index contributed by atoms with van der Waals surface area (Å²) in [5, 5.41) is 8.32. The number of rotatable bonds is 3. The molecule has 2 aromatic rings. The van der Waals surface area contributed by atoms with Gasteiger partial charge in [-0.3, -0.25) is 9.69 Å². The van der Waals surface area contributed by atoms with E-state index in [4.69, 9.17) is 0 Å². The molecule has 0 radical (unpaired) electrons. The van der Waals surface area contributed by atoms with Crippen molar-refractivity contribution < 1.29 is 9.18 Å². The monoisotopic (exact) mass is 343 g/mol. The molecule has 0 fully saturated rings. The molecule has 2 aliphatic rings. The summed E-state index contributed by atoms with van der Waals surface area (Å²) in [6.45, 7) is 1.96. The molecule has 1 aliphatic carbocycles. The Balaban J connectivity index is 1.58. The minimum absolute atomic E-state index is 0.0854. The fourth-order valence-electron chi connectivity index (χ4n) is 3.90. The SMILES string of the molecule is CN1CCn2c(CN(C)C3CCCc4ccc(F)cc43)nnc2C1=O. The molecule has 25 heavy (non-hydrogen) atoms. The van der Waals surface area contributed by atoms with Gasteiger partial charge in [-0.05, 0) is 49.6 Å². The molecule has 0 spiro atoms. The maximum atomic E-state index is 13.7. The van der Waals surface area contributed by atoms with Gasteiger partial charge < -0.3 is 9.47 Å². The lowest BCUT2D eigenvalue weighted by atomic mass is 9.87. The second-order valence-corrected chi connectivity index (χ2v) is 6.98. The molecule has 1 amide bonds. The van der Waals surface area contributed by atoms with Gasteiger partial charge in [0.05, 0.1) is 6.54 Å². The Morgan fingerprint density at radius 3 is 3.00 bits per heavy atom. The van der Waals surface area contributed by atoms with Crippen LogP contribution in [0.25, 0.3) is 0 Å². The predicted molar refractivity (Wildman–Crippen MR) is 90.5 cm³/mol. The lowest BCUT2D eigenvalue weighted by Crippen LogP contribution is -2.38. The topological polar surface area (TPSA) is 54.3 Å². The van der Waals surface area contributed by atoms with Gasteiger partial charge in [0.2, 0.25) is 5.82 Å². The molecule has 0 saturated carbocycles. The number of aryl methyl sites for hydroxylation is 1. The number of aromatic nitrogens is 3. The van der Waals surface area contributed by atoms with E-state index in [1.54, 1.807) is 18.0 Å². The van der Waals surface area contributed by atoms with Gasteiger partial charge >= 0.3 is 0 Å². The zero-order valence-corrected chi connectivity index (χ0v) is 14.6.